The van der Waals surface area contributed by atoms with Gasteiger partial charge in [-0.2, -0.15) is 21.6 Å². The lowest BCUT2D eigenvalue weighted by Gasteiger charge is -2.30. The van der Waals surface area contributed by atoms with E-state index >= 15 is 0 Å². The van der Waals surface area contributed by atoms with E-state index < -0.39 is 33.6 Å². The van der Waals surface area contributed by atoms with Crippen molar-refractivity contribution in [2.24, 2.45) is 0 Å². The molecule has 0 saturated carbocycles. The van der Waals surface area contributed by atoms with Crippen molar-refractivity contribution < 1.29 is 44.3 Å². The predicted molar refractivity (Wildman–Crippen MR) is 96.6 cm³/mol. The van der Waals surface area contributed by atoms with Gasteiger partial charge in [0.15, 0.2) is 0 Å². The molecular weight excluding hydrogens is 454 g/mol. The molecule has 31 heavy (non-hydrogen) atoms. The first-order valence-electron chi connectivity index (χ1n) is 8.62. The zero-order valence-electron chi connectivity index (χ0n) is 15.4. The lowest BCUT2D eigenvalue weighted by molar-refractivity contribution is -0.274. The molecule has 2 aromatic carbocycles. The molecule has 0 unspecified atom stereocenters. The van der Waals surface area contributed by atoms with Crippen LogP contribution in [0.2, 0.25) is 0 Å². The van der Waals surface area contributed by atoms with E-state index in [2.05, 4.69) is 4.74 Å². The molecule has 6 nitrogen and oxygen atoms in total. The summed E-state index contributed by atoms with van der Waals surface area (Å²) in [5, 5.41) is 0. The molecule has 0 aromatic heterocycles. The van der Waals surface area contributed by atoms with Crippen LogP contribution in [-0.4, -0.2) is 37.6 Å². The topological polar surface area (TPSA) is 75.7 Å². The molecule has 0 fully saturated rings. The number of hydrogen-bond donors (Lipinski definition) is 1. The molecule has 0 bridgehead atoms. The number of carbonyl (C=O) groups is 1. The summed E-state index contributed by atoms with van der Waals surface area (Å²) in [6.07, 6.45) is -4.70. The number of benzene rings is 2. The summed E-state index contributed by atoms with van der Waals surface area (Å²) in [7, 11) is -5.57. The van der Waals surface area contributed by atoms with Crippen LogP contribution in [0.5, 0.6) is 5.75 Å². The molecule has 0 radical (unpaired) electrons. The first-order valence-corrected chi connectivity index (χ1v) is 10.1. The quantitative estimate of drug-likeness (QED) is 0.672. The van der Waals surface area contributed by atoms with Crippen LogP contribution in [0, 0.1) is 0 Å². The van der Waals surface area contributed by atoms with Crippen molar-refractivity contribution in [3.8, 4) is 5.75 Å². The zero-order chi connectivity index (χ0) is 23.0. The van der Waals surface area contributed by atoms with E-state index in [1.807, 2.05) is 0 Å². The molecule has 0 atom stereocenters. The Labute approximate surface area is 172 Å². The van der Waals surface area contributed by atoms with Gasteiger partial charge < -0.3 is 9.64 Å². The molecule has 1 aliphatic heterocycles. The molecule has 1 amide bonds. The van der Waals surface area contributed by atoms with E-state index in [0.29, 0.717) is 11.1 Å². The number of amides is 1. The summed E-state index contributed by atoms with van der Waals surface area (Å²) in [5.41, 5.74) is -5.19. The maximum absolute atomic E-state index is 12.8. The molecular formula is C18H14F6N2O4S. The van der Waals surface area contributed by atoms with Crippen LogP contribution in [0.4, 0.5) is 32.0 Å². The second-order valence-electron chi connectivity index (χ2n) is 6.56. The van der Waals surface area contributed by atoms with E-state index in [4.69, 9.17) is 0 Å². The normalized spacial score (nSPS) is 14.9. The fourth-order valence-corrected chi connectivity index (χ4v) is 3.58. The lowest BCUT2D eigenvalue weighted by Crippen LogP contribution is -2.37. The molecule has 1 heterocycles. The number of rotatable bonds is 5. The van der Waals surface area contributed by atoms with Gasteiger partial charge in [0.1, 0.15) is 5.75 Å². The van der Waals surface area contributed by atoms with Crippen LogP contribution in [-0.2, 0) is 23.0 Å². The third-order valence-corrected chi connectivity index (χ3v) is 5.49. The number of halogens is 6. The van der Waals surface area contributed by atoms with Crippen molar-refractivity contribution >= 4 is 21.6 Å². The Morgan fingerprint density at radius 3 is 2.23 bits per heavy atom. The molecule has 1 aliphatic rings. The Hall–Kier alpha value is -2.96. The maximum atomic E-state index is 12.8. The molecule has 2 aromatic rings. The standard InChI is InChI=1S/C18H14F6N2O4S/c19-17(20,21)30-14-3-1-2-12-8-9-26(16(27)15(12)14)10-11-4-6-13(7-5-11)25-31(28,29)18(22,23)24/h1-7,25H,8-10H2. The monoisotopic (exact) mass is 468 g/mol. The fraction of sp³-hybridized carbons (Fsp3) is 0.278. The SMILES string of the molecule is O=C1c2c(cccc2OC(F)(F)F)CCN1Cc1ccc(NS(=O)(=O)C(F)(F)F)cc1. The summed E-state index contributed by atoms with van der Waals surface area (Å²) in [6, 6.07) is 8.68. The van der Waals surface area contributed by atoms with Crippen LogP contribution >= 0.6 is 0 Å². The summed E-state index contributed by atoms with van der Waals surface area (Å²) in [6.45, 7) is 0.148. The number of ether oxygens (including phenoxy) is 1. The van der Waals surface area contributed by atoms with E-state index in [1.165, 1.54) is 33.9 Å². The Morgan fingerprint density at radius 2 is 1.65 bits per heavy atom. The number of anilines is 1. The molecule has 1 N–H and O–H groups in total. The third-order valence-electron chi connectivity index (χ3n) is 4.37. The van der Waals surface area contributed by atoms with E-state index in [-0.39, 0.29) is 30.8 Å². The number of hydrogen-bond acceptors (Lipinski definition) is 4. The van der Waals surface area contributed by atoms with Gasteiger partial charge in [-0.3, -0.25) is 9.52 Å². The van der Waals surface area contributed by atoms with Gasteiger partial charge in [-0.25, -0.2) is 0 Å². The largest absolute Gasteiger partial charge is 0.573 e. The van der Waals surface area contributed by atoms with Gasteiger partial charge >= 0.3 is 21.9 Å². The van der Waals surface area contributed by atoms with Gasteiger partial charge in [-0.15, -0.1) is 13.2 Å². The number of nitrogens with zero attached hydrogens (tertiary/aromatic N) is 1. The third kappa shape index (κ3) is 5.21. The van der Waals surface area contributed by atoms with Gasteiger partial charge in [0, 0.05) is 18.8 Å². The van der Waals surface area contributed by atoms with Crippen LogP contribution in [0.25, 0.3) is 0 Å². The second kappa shape index (κ2) is 7.94. The molecule has 3 rings (SSSR count). The van der Waals surface area contributed by atoms with Crippen LogP contribution < -0.4 is 9.46 Å². The first kappa shape index (κ1) is 22.7. The molecule has 168 valence electrons. The van der Waals surface area contributed by atoms with E-state index in [0.717, 1.165) is 18.2 Å². The van der Waals surface area contributed by atoms with Crippen molar-refractivity contribution in [2.45, 2.75) is 24.8 Å². The molecule has 13 heteroatoms. The van der Waals surface area contributed by atoms with Crippen molar-refractivity contribution in [3.05, 3.63) is 59.2 Å². The number of fused-ring (bicyclic) bond motifs is 1. The Morgan fingerprint density at radius 1 is 1.00 bits per heavy atom. The smallest absolute Gasteiger partial charge is 0.405 e. The number of carbonyl (C=O) groups excluding carboxylic acids is 1. The van der Waals surface area contributed by atoms with Gasteiger partial charge in [-0.1, -0.05) is 24.3 Å². The summed E-state index contributed by atoms with van der Waals surface area (Å²) >= 11 is 0. The minimum Gasteiger partial charge on any atom is -0.405 e. The van der Waals surface area contributed by atoms with Gasteiger partial charge in [0.2, 0.25) is 0 Å². The van der Waals surface area contributed by atoms with Gasteiger partial charge in [0.05, 0.1) is 5.56 Å². The Bertz CT molecular complexity index is 1080. The van der Waals surface area contributed by atoms with Crippen molar-refractivity contribution in [3.63, 3.8) is 0 Å². The van der Waals surface area contributed by atoms with Gasteiger partial charge in [-0.05, 0) is 35.7 Å². The first-order chi connectivity index (χ1) is 14.3. The van der Waals surface area contributed by atoms with Crippen LogP contribution in [0.15, 0.2) is 42.5 Å². The molecule has 0 aliphatic carbocycles. The highest BCUT2D eigenvalue weighted by molar-refractivity contribution is 7.93. The van der Waals surface area contributed by atoms with Crippen molar-refractivity contribution in [1.82, 2.24) is 4.90 Å². The average molecular weight is 468 g/mol. The highest BCUT2D eigenvalue weighted by Gasteiger charge is 2.46. The fourth-order valence-electron chi connectivity index (χ4n) is 3.01. The van der Waals surface area contributed by atoms with E-state index in [9.17, 15) is 39.6 Å². The molecule has 0 spiro atoms. The Kier molecular flexibility index (Phi) is 5.82. The number of alkyl halides is 6. The lowest BCUT2D eigenvalue weighted by atomic mass is 9.97. The van der Waals surface area contributed by atoms with Crippen LogP contribution in [0.3, 0.4) is 0 Å². The predicted octanol–water partition coefficient (Wildman–Crippen LogP) is 4.05. The average Bonchev–Trinajstić information content (AvgIpc) is 2.63. The van der Waals surface area contributed by atoms with Crippen molar-refractivity contribution in [1.29, 1.82) is 0 Å². The highest BCUT2D eigenvalue weighted by atomic mass is 32.2. The zero-order valence-corrected chi connectivity index (χ0v) is 16.2. The van der Waals surface area contributed by atoms with E-state index in [1.54, 1.807) is 0 Å². The summed E-state index contributed by atoms with van der Waals surface area (Å²) in [4.78, 5) is 14.0. The van der Waals surface area contributed by atoms with Gasteiger partial charge in [0.25, 0.3) is 5.91 Å². The number of nitrogens with one attached hydrogen (secondary N) is 1. The minimum atomic E-state index is -5.57. The van der Waals surface area contributed by atoms with Crippen molar-refractivity contribution in [2.75, 3.05) is 11.3 Å². The summed E-state index contributed by atoms with van der Waals surface area (Å²) < 4.78 is 103. The minimum absolute atomic E-state index is 0.0507. The highest BCUT2D eigenvalue weighted by Crippen LogP contribution is 2.33. The Balaban J connectivity index is 1.76. The summed E-state index contributed by atoms with van der Waals surface area (Å²) in [5.74, 6) is -1.31. The second-order valence-corrected chi connectivity index (χ2v) is 8.24. The van der Waals surface area contributed by atoms with Crippen LogP contribution in [0.1, 0.15) is 21.5 Å². The maximum Gasteiger partial charge on any atom is 0.573 e. The number of sulfonamides is 1. The molecule has 0 saturated heterocycles.